The second-order valence-corrected chi connectivity index (χ2v) is 7.89. The maximum absolute atomic E-state index is 12.7. The molecule has 30 heavy (non-hydrogen) atoms. The smallest absolute Gasteiger partial charge is 0.255 e. The Morgan fingerprint density at radius 1 is 1.10 bits per heavy atom. The molecule has 0 bridgehead atoms. The molecule has 1 aliphatic rings. The molecule has 0 unspecified atom stereocenters. The fourth-order valence-corrected chi connectivity index (χ4v) is 3.30. The molecular weight excluding hydrogens is 374 g/mol. The third-order valence-electron chi connectivity index (χ3n) is 5.14. The summed E-state index contributed by atoms with van der Waals surface area (Å²) in [5, 5.41) is 5.87. The quantitative estimate of drug-likeness (QED) is 0.708. The van der Waals surface area contributed by atoms with Crippen LogP contribution < -0.4 is 10.6 Å². The highest BCUT2D eigenvalue weighted by Crippen LogP contribution is 2.22. The fraction of sp³-hybridized carbons (Fsp3) is 0.320. The summed E-state index contributed by atoms with van der Waals surface area (Å²) in [7, 11) is 0. The van der Waals surface area contributed by atoms with Gasteiger partial charge in [-0.3, -0.25) is 14.6 Å². The first-order valence-corrected chi connectivity index (χ1v) is 10.4. The van der Waals surface area contributed by atoms with Gasteiger partial charge in [0.2, 0.25) is 5.91 Å². The zero-order valence-corrected chi connectivity index (χ0v) is 18.1. The number of nitrogens with zero attached hydrogens (tertiary/aromatic N) is 1. The van der Waals surface area contributed by atoms with E-state index >= 15 is 0 Å². The maximum Gasteiger partial charge on any atom is 0.255 e. The van der Waals surface area contributed by atoms with E-state index in [1.807, 2.05) is 62.4 Å². The van der Waals surface area contributed by atoms with Crippen LogP contribution >= 0.6 is 0 Å². The highest BCUT2D eigenvalue weighted by molar-refractivity contribution is 6.16. The van der Waals surface area contributed by atoms with E-state index in [1.54, 1.807) is 0 Å². The first kappa shape index (κ1) is 21.5. The van der Waals surface area contributed by atoms with Gasteiger partial charge in [0, 0.05) is 28.9 Å². The molecule has 3 rings (SSSR count). The van der Waals surface area contributed by atoms with Gasteiger partial charge < -0.3 is 10.6 Å². The molecule has 2 aromatic rings. The van der Waals surface area contributed by atoms with Crippen molar-refractivity contribution in [3.05, 3.63) is 76.4 Å². The van der Waals surface area contributed by atoms with Crippen molar-refractivity contribution in [1.82, 2.24) is 5.32 Å². The number of hydrogen-bond donors (Lipinski definition) is 2. The van der Waals surface area contributed by atoms with Crippen LogP contribution in [0.3, 0.4) is 0 Å². The van der Waals surface area contributed by atoms with Crippen molar-refractivity contribution < 1.29 is 9.59 Å². The van der Waals surface area contributed by atoms with Crippen molar-refractivity contribution in [2.75, 3.05) is 18.4 Å². The van der Waals surface area contributed by atoms with Gasteiger partial charge in [-0.1, -0.05) is 39.0 Å². The van der Waals surface area contributed by atoms with E-state index in [0.29, 0.717) is 35.8 Å². The Morgan fingerprint density at radius 2 is 1.90 bits per heavy atom. The summed E-state index contributed by atoms with van der Waals surface area (Å²) < 4.78 is 0. The molecule has 1 heterocycles. The van der Waals surface area contributed by atoms with Crippen LogP contribution in [0.2, 0.25) is 0 Å². The minimum atomic E-state index is -0.143. The molecule has 2 aromatic carbocycles. The van der Waals surface area contributed by atoms with Crippen LogP contribution in [-0.4, -0.2) is 30.6 Å². The number of rotatable bonds is 7. The molecule has 0 saturated carbocycles. The Labute approximate surface area is 178 Å². The number of nitrogens with one attached hydrogen (secondary N) is 2. The number of carbonyl (C=O) groups is 2. The fourth-order valence-electron chi connectivity index (χ4n) is 3.30. The minimum absolute atomic E-state index is 0.0669. The lowest BCUT2D eigenvalue weighted by Gasteiger charge is -2.11. The van der Waals surface area contributed by atoms with Gasteiger partial charge in [-0.15, -0.1) is 0 Å². The lowest BCUT2D eigenvalue weighted by molar-refractivity contribution is -0.117. The van der Waals surface area contributed by atoms with Gasteiger partial charge >= 0.3 is 0 Å². The number of anilines is 1. The molecule has 156 valence electrons. The molecule has 5 heteroatoms. The van der Waals surface area contributed by atoms with E-state index in [1.165, 1.54) is 0 Å². The van der Waals surface area contributed by atoms with Crippen molar-refractivity contribution in [1.29, 1.82) is 0 Å². The highest BCUT2D eigenvalue weighted by Gasteiger charge is 2.18. The van der Waals surface area contributed by atoms with Crippen LogP contribution in [0.4, 0.5) is 5.69 Å². The predicted octanol–water partition coefficient (Wildman–Crippen LogP) is 4.63. The number of allylic oxidation sites excluding steroid dienone is 1. The molecule has 2 N–H and O–H groups in total. The SMILES string of the molecule is CCCNC(=O)C1=CC(c2cc(NC(=O)c3cccc(C(C)C)c3)ccc2C)=NC1. The molecule has 0 aromatic heterocycles. The molecule has 5 nitrogen and oxygen atoms in total. The molecule has 0 saturated heterocycles. The van der Waals surface area contributed by atoms with Crippen LogP contribution in [0.25, 0.3) is 0 Å². The summed E-state index contributed by atoms with van der Waals surface area (Å²) in [6.07, 6.45) is 2.73. The van der Waals surface area contributed by atoms with Crippen molar-refractivity contribution in [2.45, 2.75) is 40.0 Å². The molecule has 0 fully saturated rings. The second-order valence-electron chi connectivity index (χ2n) is 7.89. The van der Waals surface area contributed by atoms with Gasteiger partial charge in [0.15, 0.2) is 0 Å². The number of carbonyl (C=O) groups excluding carboxylic acids is 2. The van der Waals surface area contributed by atoms with E-state index in [4.69, 9.17) is 0 Å². The Kier molecular flexibility index (Phi) is 6.83. The van der Waals surface area contributed by atoms with Crippen LogP contribution in [-0.2, 0) is 4.79 Å². The summed E-state index contributed by atoms with van der Waals surface area (Å²) in [4.78, 5) is 29.5. The van der Waals surface area contributed by atoms with E-state index in [0.717, 1.165) is 28.8 Å². The van der Waals surface area contributed by atoms with E-state index in [2.05, 4.69) is 29.5 Å². The topological polar surface area (TPSA) is 70.6 Å². The highest BCUT2D eigenvalue weighted by atomic mass is 16.2. The Balaban J connectivity index is 1.78. The average Bonchev–Trinajstić information content (AvgIpc) is 3.23. The molecule has 0 radical (unpaired) electrons. The van der Waals surface area contributed by atoms with Gasteiger partial charge in [-0.05, 0) is 60.7 Å². The summed E-state index contributed by atoms with van der Waals surface area (Å²) >= 11 is 0. The van der Waals surface area contributed by atoms with Crippen molar-refractivity contribution in [3.63, 3.8) is 0 Å². The lowest BCUT2D eigenvalue weighted by atomic mass is 10.0. The summed E-state index contributed by atoms with van der Waals surface area (Å²) in [6.45, 7) is 9.27. The average molecular weight is 404 g/mol. The summed E-state index contributed by atoms with van der Waals surface area (Å²) in [5.74, 6) is 0.151. The molecule has 2 amide bonds. The number of hydrogen-bond acceptors (Lipinski definition) is 3. The largest absolute Gasteiger partial charge is 0.352 e. The van der Waals surface area contributed by atoms with Crippen LogP contribution in [0.15, 0.2) is 59.1 Å². The summed E-state index contributed by atoms with van der Waals surface area (Å²) in [5.41, 5.74) is 5.87. The van der Waals surface area contributed by atoms with E-state index < -0.39 is 0 Å². The van der Waals surface area contributed by atoms with Gasteiger partial charge in [0.05, 0.1) is 12.3 Å². The van der Waals surface area contributed by atoms with Gasteiger partial charge in [0.1, 0.15) is 0 Å². The molecule has 0 aliphatic carbocycles. The van der Waals surface area contributed by atoms with Gasteiger partial charge in [-0.25, -0.2) is 0 Å². The van der Waals surface area contributed by atoms with Crippen LogP contribution in [0.1, 0.15) is 60.2 Å². The van der Waals surface area contributed by atoms with E-state index in [9.17, 15) is 9.59 Å². The Hall–Kier alpha value is -3.21. The number of amides is 2. The Bertz CT molecular complexity index is 1020. The lowest BCUT2D eigenvalue weighted by Crippen LogP contribution is -2.26. The zero-order chi connectivity index (χ0) is 21.7. The van der Waals surface area contributed by atoms with Crippen molar-refractivity contribution in [2.24, 2.45) is 4.99 Å². The van der Waals surface area contributed by atoms with E-state index in [-0.39, 0.29) is 11.8 Å². The van der Waals surface area contributed by atoms with Gasteiger partial charge in [0.25, 0.3) is 5.91 Å². The zero-order valence-electron chi connectivity index (χ0n) is 18.1. The number of aliphatic imine (C=N–C) groups is 1. The van der Waals surface area contributed by atoms with Crippen LogP contribution in [0, 0.1) is 6.92 Å². The molecule has 0 atom stereocenters. The molecule has 0 spiro atoms. The monoisotopic (exact) mass is 403 g/mol. The maximum atomic E-state index is 12.7. The van der Waals surface area contributed by atoms with Crippen LogP contribution in [0.5, 0.6) is 0 Å². The number of aryl methyl sites for hydroxylation is 1. The summed E-state index contributed by atoms with van der Waals surface area (Å²) in [6, 6.07) is 13.5. The molecule has 1 aliphatic heterocycles. The predicted molar refractivity (Wildman–Crippen MR) is 122 cm³/mol. The first-order valence-electron chi connectivity index (χ1n) is 10.4. The second kappa shape index (κ2) is 9.53. The van der Waals surface area contributed by atoms with Crippen molar-refractivity contribution in [3.8, 4) is 0 Å². The third-order valence-corrected chi connectivity index (χ3v) is 5.14. The molecular formula is C25H29N3O2. The third kappa shape index (κ3) is 5.03. The number of benzene rings is 2. The standard InChI is InChI=1S/C25H29N3O2/c1-5-11-26-24(29)20-13-23(27-15-20)22-14-21(10-9-17(22)4)28-25(30)19-8-6-7-18(12-19)16(2)3/h6-10,12-14,16H,5,11,15H2,1-4H3,(H,26,29)(H,28,30). The van der Waals surface area contributed by atoms with Gasteiger partial charge in [-0.2, -0.15) is 0 Å². The normalized spacial score (nSPS) is 13.1. The minimum Gasteiger partial charge on any atom is -0.352 e. The first-order chi connectivity index (χ1) is 14.4. The Morgan fingerprint density at radius 3 is 2.63 bits per heavy atom. The van der Waals surface area contributed by atoms with Crippen molar-refractivity contribution >= 4 is 23.2 Å².